The molecular weight excluding hydrogens is 198 g/mol. The number of rotatable bonds is 4. The smallest absolute Gasteiger partial charge is 0.0991 e. The third-order valence-corrected chi connectivity index (χ3v) is 2.52. The Morgan fingerprint density at radius 3 is 2.62 bits per heavy atom. The van der Waals surface area contributed by atoms with Gasteiger partial charge in [-0.2, -0.15) is 10.5 Å². The van der Waals surface area contributed by atoms with Gasteiger partial charge in [0.15, 0.2) is 0 Å². The molecule has 0 N–H and O–H groups in total. The molecule has 3 nitrogen and oxygen atoms in total. The molecule has 0 saturated heterocycles. The minimum Gasteiger partial charge on any atom is -0.301 e. The second-order valence-corrected chi connectivity index (χ2v) is 3.90. The summed E-state index contributed by atoms with van der Waals surface area (Å²) in [7, 11) is 2.00. The molecular formula is C13H15N3. The molecule has 3 heteroatoms. The van der Waals surface area contributed by atoms with Crippen LogP contribution in [0.1, 0.15) is 23.1 Å². The predicted molar refractivity (Wildman–Crippen MR) is 62.5 cm³/mol. The van der Waals surface area contributed by atoms with E-state index in [0.717, 1.165) is 18.7 Å². The minimum absolute atomic E-state index is 0.547. The van der Waals surface area contributed by atoms with E-state index in [1.54, 1.807) is 0 Å². The molecule has 1 rings (SSSR count). The molecule has 0 fully saturated rings. The summed E-state index contributed by atoms with van der Waals surface area (Å²) in [4.78, 5) is 2.11. The quantitative estimate of drug-likeness (QED) is 0.770. The zero-order valence-corrected chi connectivity index (χ0v) is 9.70. The van der Waals surface area contributed by atoms with Crippen molar-refractivity contribution in [3.63, 3.8) is 0 Å². The first-order valence-electron chi connectivity index (χ1n) is 5.22. The van der Waals surface area contributed by atoms with Crippen molar-refractivity contribution in [2.45, 2.75) is 19.9 Å². The molecule has 0 atom stereocenters. The van der Waals surface area contributed by atoms with E-state index in [1.807, 2.05) is 32.2 Å². The molecule has 0 amide bonds. The molecule has 0 aliphatic carbocycles. The molecule has 0 aliphatic rings. The highest BCUT2D eigenvalue weighted by molar-refractivity contribution is 5.37. The second-order valence-electron chi connectivity index (χ2n) is 3.90. The van der Waals surface area contributed by atoms with E-state index < -0.39 is 0 Å². The molecule has 82 valence electrons. The molecule has 0 bridgehead atoms. The van der Waals surface area contributed by atoms with Crippen LogP contribution in [0.4, 0.5) is 0 Å². The molecule has 0 saturated carbocycles. The van der Waals surface area contributed by atoms with Crippen LogP contribution in [0, 0.1) is 29.6 Å². The highest BCUT2D eigenvalue weighted by Gasteiger charge is 2.03. The first-order valence-corrected chi connectivity index (χ1v) is 5.22. The van der Waals surface area contributed by atoms with Gasteiger partial charge >= 0.3 is 0 Å². The molecule has 0 radical (unpaired) electrons. The van der Waals surface area contributed by atoms with E-state index in [0.29, 0.717) is 12.0 Å². The fraction of sp³-hybridized carbons (Fsp3) is 0.385. The maximum absolute atomic E-state index is 8.75. The van der Waals surface area contributed by atoms with Gasteiger partial charge in [0.2, 0.25) is 0 Å². The van der Waals surface area contributed by atoms with Crippen molar-refractivity contribution in [3.8, 4) is 12.1 Å². The second kappa shape index (κ2) is 5.90. The Bertz CT molecular complexity index is 437. The SMILES string of the molecule is Cc1cc(C#N)ccc1CN(C)CCC#N. The summed E-state index contributed by atoms with van der Waals surface area (Å²) in [5.74, 6) is 0. The molecule has 0 aliphatic heterocycles. The lowest BCUT2D eigenvalue weighted by molar-refractivity contribution is 0.334. The summed E-state index contributed by atoms with van der Waals surface area (Å²) in [6.45, 7) is 3.60. The Kier molecular flexibility index (Phi) is 4.51. The van der Waals surface area contributed by atoms with Crippen LogP contribution in [-0.4, -0.2) is 18.5 Å². The van der Waals surface area contributed by atoms with Gasteiger partial charge in [-0.15, -0.1) is 0 Å². The van der Waals surface area contributed by atoms with Gasteiger partial charge in [-0.1, -0.05) is 6.07 Å². The Labute approximate surface area is 96.5 Å². The first-order chi connectivity index (χ1) is 7.67. The van der Waals surface area contributed by atoms with Crippen molar-refractivity contribution in [1.82, 2.24) is 4.90 Å². The lowest BCUT2D eigenvalue weighted by Crippen LogP contribution is -2.19. The summed E-state index contributed by atoms with van der Waals surface area (Å²) in [6, 6.07) is 9.97. The molecule has 0 unspecified atom stereocenters. The van der Waals surface area contributed by atoms with Gasteiger partial charge in [0.1, 0.15) is 0 Å². The Balaban J connectivity index is 2.68. The van der Waals surface area contributed by atoms with Gasteiger partial charge in [-0.25, -0.2) is 0 Å². The molecule has 1 aromatic rings. The average molecular weight is 213 g/mol. The van der Waals surface area contributed by atoms with Crippen LogP contribution in [0.2, 0.25) is 0 Å². The van der Waals surface area contributed by atoms with Crippen molar-refractivity contribution in [2.24, 2.45) is 0 Å². The lowest BCUT2D eigenvalue weighted by Gasteiger charge is -2.16. The number of aryl methyl sites for hydroxylation is 1. The molecule has 0 heterocycles. The van der Waals surface area contributed by atoms with Crippen molar-refractivity contribution in [2.75, 3.05) is 13.6 Å². The predicted octanol–water partition coefficient (Wildman–Crippen LogP) is 2.21. The van der Waals surface area contributed by atoms with Gasteiger partial charge in [-0.05, 0) is 37.2 Å². The Hall–Kier alpha value is -1.84. The summed E-state index contributed by atoms with van der Waals surface area (Å²) < 4.78 is 0. The summed E-state index contributed by atoms with van der Waals surface area (Å²) in [6.07, 6.45) is 0.547. The molecule has 16 heavy (non-hydrogen) atoms. The van der Waals surface area contributed by atoms with Crippen molar-refractivity contribution in [3.05, 3.63) is 34.9 Å². The molecule has 1 aromatic carbocycles. The van der Waals surface area contributed by atoms with Gasteiger partial charge in [0, 0.05) is 19.5 Å². The number of nitrogens with zero attached hydrogens (tertiary/aromatic N) is 3. The van der Waals surface area contributed by atoms with Gasteiger partial charge in [-0.3, -0.25) is 0 Å². The van der Waals surface area contributed by atoms with Crippen LogP contribution in [-0.2, 0) is 6.54 Å². The fourth-order valence-electron chi connectivity index (χ4n) is 1.55. The average Bonchev–Trinajstić information content (AvgIpc) is 2.29. The van der Waals surface area contributed by atoms with E-state index in [1.165, 1.54) is 5.56 Å². The van der Waals surface area contributed by atoms with Crippen LogP contribution in [0.5, 0.6) is 0 Å². The maximum Gasteiger partial charge on any atom is 0.0991 e. The minimum atomic E-state index is 0.547. The van der Waals surface area contributed by atoms with Crippen molar-refractivity contribution in [1.29, 1.82) is 10.5 Å². The zero-order valence-electron chi connectivity index (χ0n) is 9.70. The number of hydrogen-bond donors (Lipinski definition) is 0. The van der Waals surface area contributed by atoms with Crippen molar-refractivity contribution < 1.29 is 0 Å². The van der Waals surface area contributed by atoms with E-state index in [4.69, 9.17) is 10.5 Å². The highest BCUT2D eigenvalue weighted by atomic mass is 15.1. The topological polar surface area (TPSA) is 50.8 Å². The highest BCUT2D eigenvalue weighted by Crippen LogP contribution is 2.12. The normalized spacial score (nSPS) is 9.81. The lowest BCUT2D eigenvalue weighted by atomic mass is 10.1. The third kappa shape index (κ3) is 3.38. The molecule has 0 aromatic heterocycles. The van der Waals surface area contributed by atoms with Gasteiger partial charge in [0.25, 0.3) is 0 Å². The molecule has 0 spiro atoms. The van der Waals surface area contributed by atoms with Crippen LogP contribution in [0.3, 0.4) is 0 Å². The zero-order chi connectivity index (χ0) is 12.0. The number of benzene rings is 1. The first kappa shape index (κ1) is 12.2. The Morgan fingerprint density at radius 1 is 1.31 bits per heavy atom. The van der Waals surface area contributed by atoms with E-state index >= 15 is 0 Å². The van der Waals surface area contributed by atoms with E-state index in [2.05, 4.69) is 17.0 Å². The van der Waals surface area contributed by atoms with Gasteiger partial charge < -0.3 is 4.90 Å². The summed E-state index contributed by atoms with van der Waals surface area (Å²) in [5, 5.41) is 17.2. The van der Waals surface area contributed by atoms with Crippen LogP contribution in [0.25, 0.3) is 0 Å². The number of nitriles is 2. The standard InChI is InChI=1S/C13H15N3/c1-11-8-12(9-15)4-5-13(11)10-16(2)7-3-6-14/h4-5,8H,3,7,10H2,1-2H3. The van der Waals surface area contributed by atoms with Crippen molar-refractivity contribution >= 4 is 0 Å². The third-order valence-electron chi connectivity index (χ3n) is 2.52. The van der Waals surface area contributed by atoms with E-state index in [9.17, 15) is 0 Å². The number of hydrogen-bond acceptors (Lipinski definition) is 3. The monoisotopic (exact) mass is 213 g/mol. The maximum atomic E-state index is 8.75. The van der Waals surface area contributed by atoms with Crippen LogP contribution < -0.4 is 0 Å². The summed E-state index contributed by atoms with van der Waals surface area (Å²) in [5.41, 5.74) is 3.03. The fourth-order valence-corrected chi connectivity index (χ4v) is 1.55. The largest absolute Gasteiger partial charge is 0.301 e. The van der Waals surface area contributed by atoms with Crippen LogP contribution >= 0.6 is 0 Å². The Morgan fingerprint density at radius 2 is 2.06 bits per heavy atom. The van der Waals surface area contributed by atoms with Gasteiger partial charge in [0.05, 0.1) is 17.7 Å². The summed E-state index contributed by atoms with van der Waals surface area (Å²) >= 11 is 0. The van der Waals surface area contributed by atoms with Crippen LogP contribution in [0.15, 0.2) is 18.2 Å². The van der Waals surface area contributed by atoms with E-state index in [-0.39, 0.29) is 0 Å².